The number of anilines is 1. The van der Waals surface area contributed by atoms with Crippen LogP contribution in [0.25, 0.3) is 0 Å². The van der Waals surface area contributed by atoms with Gasteiger partial charge < -0.3 is 11.1 Å². The average molecular weight is 263 g/mol. The SMILES string of the molecule is Cc1c(Cl)cccc1NC(=O)C(C)CN.Cl. The van der Waals surface area contributed by atoms with Crippen LogP contribution in [0.2, 0.25) is 5.02 Å². The number of nitrogens with one attached hydrogen (secondary N) is 1. The average Bonchev–Trinajstić information content (AvgIpc) is 2.23. The molecule has 1 unspecified atom stereocenters. The molecular weight excluding hydrogens is 247 g/mol. The van der Waals surface area contributed by atoms with E-state index in [1.165, 1.54) is 0 Å². The summed E-state index contributed by atoms with van der Waals surface area (Å²) in [5, 5.41) is 3.44. The molecule has 1 atom stereocenters. The van der Waals surface area contributed by atoms with Crippen LogP contribution in [0, 0.1) is 12.8 Å². The minimum Gasteiger partial charge on any atom is -0.330 e. The van der Waals surface area contributed by atoms with Gasteiger partial charge in [0.2, 0.25) is 5.91 Å². The second-order valence-corrected chi connectivity index (χ2v) is 3.95. The molecule has 0 fully saturated rings. The molecular formula is C11H16Cl2N2O. The topological polar surface area (TPSA) is 55.1 Å². The van der Waals surface area contributed by atoms with Crippen LogP contribution < -0.4 is 11.1 Å². The number of amides is 1. The van der Waals surface area contributed by atoms with Crippen LogP contribution in [0.5, 0.6) is 0 Å². The predicted octanol–water partition coefficient (Wildman–Crippen LogP) is 2.60. The van der Waals surface area contributed by atoms with Crippen LogP contribution in [0.4, 0.5) is 5.69 Å². The molecule has 90 valence electrons. The van der Waals surface area contributed by atoms with E-state index in [2.05, 4.69) is 5.32 Å². The van der Waals surface area contributed by atoms with Crippen molar-refractivity contribution in [3.05, 3.63) is 28.8 Å². The Morgan fingerprint density at radius 3 is 2.75 bits per heavy atom. The molecule has 0 radical (unpaired) electrons. The van der Waals surface area contributed by atoms with E-state index in [9.17, 15) is 4.79 Å². The first-order valence-electron chi connectivity index (χ1n) is 4.82. The summed E-state index contributed by atoms with van der Waals surface area (Å²) in [6, 6.07) is 5.42. The number of halogens is 2. The van der Waals surface area contributed by atoms with Crippen LogP contribution >= 0.6 is 24.0 Å². The molecule has 1 aromatic rings. The summed E-state index contributed by atoms with van der Waals surface area (Å²) in [4.78, 5) is 11.6. The zero-order valence-electron chi connectivity index (χ0n) is 9.29. The normalized spacial score (nSPS) is 11.5. The molecule has 0 aliphatic carbocycles. The zero-order valence-corrected chi connectivity index (χ0v) is 10.9. The minimum absolute atomic E-state index is 0. The van der Waals surface area contributed by atoms with Gasteiger partial charge in [-0.1, -0.05) is 24.6 Å². The number of carbonyl (C=O) groups excluding carboxylic acids is 1. The maximum Gasteiger partial charge on any atom is 0.228 e. The Labute approximate surface area is 107 Å². The van der Waals surface area contributed by atoms with Gasteiger partial charge in [0.25, 0.3) is 0 Å². The summed E-state index contributed by atoms with van der Waals surface area (Å²) in [5.74, 6) is -0.272. The first kappa shape index (κ1) is 15.2. The second kappa shape index (κ2) is 6.74. The monoisotopic (exact) mass is 262 g/mol. The van der Waals surface area contributed by atoms with Crippen molar-refractivity contribution in [3.8, 4) is 0 Å². The van der Waals surface area contributed by atoms with Crippen molar-refractivity contribution in [2.24, 2.45) is 11.7 Å². The Balaban J connectivity index is 0.00000225. The van der Waals surface area contributed by atoms with Crippen molar-refractivity contribution in [1.82, 2.24) is 0 Å². The fraction of sp³-hybridized carbons (Fsp3) is 0.364. The summed E-state index contributed by atoms with van der Waals surface area (Å²) < 4.78 is 0. The van der Waals surface area contributed by atoms with Crippen molar-refractivity contribution in [2.45, 2.75) is 13.8 Å². The Morgan fingerprint density at radius 2 is 2.19 bits per heavy atom. The highest BCUT2D eigenvalue weighted by Crippen LogP contribution is 2.23. The largest absolute Gasteiger partial charge is 0.330 e. The lowest BCUT2D eigenvalue weighted by Crippen LogP contribution is -2.26. The van der Waals surface area contributed by atoms with E-state index in [1.807, 2.05) is 13.0 Å². The standard InChI is InChI=1S/C11H15ClN2O.ClH/c1-7(6-13)11(15)14-10-5-3-4-9(12)8(10)2;/h3-5,7H,6,13H2,1-2H3,(H,14,15);1H. The summed E-state index contributed by atoms with van der Waals surface area (Å²) in [6.45, 7) is 3.99. The molecule has 1 aromatic carbocycles. The van der Waals surface area contributed by atoms with Crippen molar-refractivity contribution in [2.75, 3.05) is 11.9 Å². The van der Waals surface area contributed by atoms with E-state index < -0.39 is 0 Å². The summed E-state index contributed by atoms with van der Waals surface area (Å²) in [5.41, 5.74) is 7.02. The van der Waals surface area contributed by atoms with E-state index in [4.69, 9.17) is 17.3 Å². The predicted molar refractivity (Wildman–Crippen MR) is 70.3 cm³/mol. The second-order valence-electron chi connectivity index (χ2n) is 3.54. The van der Waals surface area contributed by atoms with Crippen molar-refractivity contribution in [3.63, 3.8) is 0 Å². The summed E-state index contributed by atoms with van der Waals surface area (Å²) >= 11 is 5.93. The molecule has 0 aliphatic heterocycles. The van der Waals surface area contributed by atoms with E-state index in [0.717, 1.165) is 11.3 Å². The number of hydrogen-bond acceptors (Lipinski definition) is 2. The first-order valence-corrected chi connectivity index (χ1v) is 5.20. The van der Waals surface area contributed by atoms with Crippen LogP contribution in [0.3, 0.4) is 0 Å². The molecule has 0 spiro atoms. The van der Waals surface area contributed by atoms with E-state index in [1.54, 1.807) is 19.1 Å². The number of carbonyl (C=O) groups is 1. The van der Waals surface area contributed by atoms with Gasteiger partial charge in [-0.25, -0.2) is 0 Å². The summed E-state index contributed by atoms with van der Waals surface area (Å²) in [7, 11) is 0. The summed E-state index contributed by atoms with van der Waals surface area (Å²) in [6.07, 6.45) is 0. The number of benzene rings is 1. The molecule has 0 aromatic heterocycles. The molecule has 5 heteroatoms. The molecule has 0 saturated heterocycles. The molecule has 0 saturated carbocycles. The molecule has 1 amide bonds. The lowest BCUT2D eigenvalue weighted by atomic mass is 10.1. The maximum absolute atomic E-state index is 11.6. The quantitative estimate of drug-likeness (QED) is 0.880. The maximum atomic E-state index is 11.6. The van der Waals surface area contributed by atoms with Gasteiger partial charge in [-0.3, -0.25) is 4.79 Å². The van der Waals surface area contributed by atoms with E-state index in [-0.39, 0.29) is 24.2 Å². The van der Waals surface area contributed by atoms with Crippen LogP contribution in [0.1, 0.15) is 12.5 Å². The molecule has 0 bridgehead atoms. The number of hydrogen-bond donors (Lipinski definition) is 2. The fourth-order valence-electron chi connectivity index (χ4n) is 1.11. The molecule has 3 N–H and O–H groups in total. The molecule has 3 nitrogen and oxygen atoms in total. The lowest BCUT2D eigenvalue weighted by Gasteiger charge is -2.12. The van der Waals surface area contributed by atoms with Crippen LogP contribution in [-0.2, 0) is 4.79 Å². The van der Waals surface area contributed by atoms with E-state index >= 15 is 0 Å². The van der Waals surface area contributed by atoms with Gasteiger partial charge in [0.15, 0.2) is 0 Å². The third-order valence-corrected chi connectivity index (χ3v) is 2.74. The Bertz CT molecular complexity index is 369. The van der Waals surface area contributed by atoms with Gasteiger partial charge in [0.05, 0.1) is 0 Å². The zero-order chi connectivity index (χ0) is 11.4. The highest BCUT2D eigenvalue weighted by atomic mass is 35.5. The van der Waals surface area contributed by atoms with Gasteiger partial charge >= 0.3 is 0 Å². The molecule has 0 aliphatic rings. The minimum atomic E-state index is -0.191. The number of rotatable bonds is 3. The van der Waals surface area contributed by atoms with Crippen molar-refractivity contribution in [1.29, 1.82) is 0 Å². The van der Waals surface area contributed by atoms with Crippen LogP contribution in [-0.4, -0.2) is 12.5 Å². The van der Waals surface area contributed by atoms with Crippen LogP contribution in [0.15, 0.2) is 18.2 Å². The fourth-order valence-corrected chi connectivity index (χ4v) is 1.28. The Hall–Kier alpha value is -0.770. The highest BCUT2D eigenvalue weighted by Gasteiger charge is 2.12. The van der Waals surface area contributed by atoms with Gasteiger partial charge in [0.1, 0.15) is 0 Å². The third kappa shape index (κ3) is 3.67. The first-order chi connectivity index (χ1) is 7.06. The lowest BCUT2D eigenvalue weighted by molar-refractivity contribution is -0.119. The molecule has 1 rings (SSSR count). The van der Waals surface area contributed by atoms with Gasteiger partial charge in [-0.15, -0.1) is 12.4 Å². The van der Waals surface area contributed by atoms with Gasteiger partial charge in [-0.05, 0) is 24.6 Å². The third-order valence-electron chi connectivity index (χ3n) is 2.33. The van der Waals surface area contributed by atoms with Crippen molar-refractivity contribution < 1.29 is 4.79 Å². The number of nitrogens with two attached hydrogens (primary N) is 1. The molecule has 16 heavy (non-hydrogen) atoms. The van der Waals surface area contributed by atoms with Crippen molar-refractivity contribution >= 4 is 35.6 Å². The smallest absolute Gasteiger partial charge is 0.228 e. The van der Waals surface area contributed by atoms with E-state index in [0.29, 0.717) is 11.6 Å². The molecule has 0 heterocycles. The van der Waals surface area contributed by atoms with Gasteiger partial charge in [0, 0.05) is 23.2 Å². The highest BCUT2D eigenvalue weighted by molar-refractivity contribution is 6.31. The Kier molecular flexibility index (Phi) is 6.41. The Morgan fingerprint density at radius 1 is 1.56 bits per heavy atom. The van der Waals surface area contributed by atoms with Gasteiger partial charge in [-0.2, -0.15) is 0 Å².